The molecule has 2 rings (SSSR count). The molecular weight excluding hydrogens is 219 g/mol. The smallest absolute Gasteiger partial charge is 0.167 e. The molecule has 17 heavy (non-hydrogen) atoms. The van der Waals surface area contributed by atoms with Gasteiger partial charge < -0.3 is 15.8 Å². The summed E-state index contributed by atoms with van der Waals surface area (Å²) >= 11 is 0. The van der Waals surface area contributed by atoms with Gasteiger partial charge in [-0.25, -0.2) is 4.39 Å². The molecule has 3 nitrogen and oxygen atoms in total. The van der Waals surface area contributed by atoms with Crippen LogP contribution >= 0.6 is 0 Å². The summed E-state index contributed by atoms with van der Waals surface area (Å²) < 4.78 is 19.0. The Balaban J connectivity index is 2.18. The summed E-state index contributed by atoms with van der Waals surface area (Å²) in [5.41, 5.74) is 7.00. The second-order valence-electron chi connectivity index (χ2n) is 4.81. The molecule has 1 aliphatic rings. The number of hydrogen-bond acceptors (Lipinski definition) is 3. The fraction of sp³-hybridized carbons (Fsp3) is 0.538. The van der Waals surface area contributed by atoms with Crippen LogP contribution in [0.25, 0.3) is 0 Å². The first-order valence-electron chi connectivity index (χ1n) is 6.08. The molecule has 3 N–H and O–H groups in total. The SMILES string of the molecule is CC(C)Oc1cc(NC2CCC2)c(N)cc1F. The van der Waals surface area contributed by atoms with Crippen LogP contribution in [0.2, 0.25) is 0 Å². The van der Waals surface area contributed by atoms with E-state index in [2.05, 4.69) is 5.32 Å². The molecule has 1 aliphatic carbocycles. The molecule has 0 amide bonds. The van der Waals surface area contributed by atoms with Crippen LogP contribution in [0.5, 0.6) is 5.75 Å². The van der Waals surface area contributed by atoms with Crippen LogP contribution in [0.15, 0.2) is 12.1 Å². The first-order valence-corrected chi connectivity index (χ1v) is 6.08. The van der Waals surface area contributed by atoms with Crippen molar-refractivity contribution in [3.05, 3.63) is 17.9 Å². The van der Waals surface area contributed by atoms with Gasteiger partial charge in [0, 0.05) is 18.2 Å². The van der Waals surface area contributed by atoms with Gasteiger partial charge in [0.05, 0.1) is 17.5 Å². The topological polar surface area (TPSA) is 47.3 Å². The number of rotatable bonds is 4. The molecular formula is C13H19FN2O. The summed E-state index contributed by atoms with van der Waals surface area (Å²) in [4.78, 5) is 0. The Labute approximate surface area is 101 Å². The van der Waals surface area contributed by atoms with Crippen molar-refractivity contribution in [1.82, 2.24) is 0 Å². The van der Waals surface area contributed by atoms with E-state index in [1.807, 2.05) is 13.8 Å². The van der Waals surface area contributed by atoms with Crippen LogP contribution in [-0.4, -0.2) is 12.1 Å². The van der Waals surface area contributed by atoms with Crippen molar-refractivity contribution in [3.8, 4) is 5.75 Å². The van der Waals surface area contributed by atoms with Gasteiger partial charge in [-0.15, -0.1) is 0 Å². The maximum absolute atomic E-state index is 13.6. The highest BCUT2D eigenvalue weighted by atomic mass is 19.1. The molecule has 1 saturated carbocycles. The average Bonchev–Trinajstić information content (AvgIpc) is 2.17. The number of anilines is 2. The lowest BCUT2D eigenvalue weighted by Crippen LogP contribution is -2.27. The van der Waals surface area contributed by atoms with Gasteiger partial charge in [0.25, 0.3) is 0 Å². The maximum Gasteiger partial charge on any atom is 0.167 e. The zero-order valence-electron chi connectivity index (χ0n) is 10.3. The molecule has 0 heterocycles. The van der Waals surface area contributed by atoms with Crippen LogP contribution in [-0.2, 0) is 0 Å². The van der Waals surface area contributed by atoms with Gasteiger partial charge in [0.15, 0.2) is 11.6 Å². The molecule has 0 spiro atoms. The largest absolute Gasteiger partial charge is 0.488 e. The van der Waals surface area contributed by atoms with Gasteiger partial charge in [0.2, 0.25) is 0 Å². The quantitative estimate of drug-likeness (QED) is 0.792. The van der Waals surface area contributed by atoms with Gasteiger partial charge in [-0.2, -0.15) is 0 Å². The fourth-order valence-electron chi connectivity index (χ4n) is 1.81. The third-order valence-electron chi connectivity index (χ3n) is 2.93. The highest BCUT2D eigenvalue weighted by Gasteiger charge is 2.19. The Morgan fingerprint density at radius 2 is 2.12 bits per heavy atom. The lowest BCUT2D eigenvalue weighted by Gasteiger charge is -2.28. The molecule has 4 heteroatoms. The third kappa shape index (κ3) is 2.81. The minimum absolute atomic E-state index is 0.0512. The van der Waals surface area contributed by atoms with E-state index in [1.165, 1.54) is 12.5 Å². The average molecular weight is 238 g/mol. The van der Waals surface area contributed by atoms with Crippen LogP contribution in [0.1, 0.15) is 33.1 Å². The predicted molar refractivity (Wildman–Crippen MR) is 67.8 cm³/mol. The van der Waals surface area contributed by atoms with Crippen LogP contribution in [0, 0.1) is 5.82 Å². The monoisotopic (exact) mass is 238 g/mol. The summed E-state index contributed by atoms with van der Waals surface area (Å²) in [6, 6.07) is 3.44. The van der Waals surface area contributed by atoms with Crippen molar-refractivity contribution >= 4 is 11.4 Å². The Morgan fingerprint density at radius 3 is 2.65 bits per heavy atom. The molecule has 0 aromatic heterocycles. The fourth-order valence-corrected chi connectivity index (χ4v) is 1.81. The second kappa shape index (κ2) is 4.82. The molecule has 0 bridgehead atoms. The zero-order valence-corrected chi connectivity index (χ0v) is 10.3. The number of benzene rings is 1. The minimum Gasteiger partial charge on any atom is -0.488 e. The molecule has 0 saturated heterocycles. The number of hydrogen-bond donors (Lipinski definition) is 2. The van der Waals surface area contributed by atoms with E-state index in [1.54, 1.807) is 6.07 Å². The van der Waals surface area contributed by atoms with Crippen molar-refractivity contribution in [2.45, 2.75) is 45.3 Å². The predicted octanol–water partition coefficient (Wildman–Crippen LogP) is 3.16. The molecule has 0 radical (unpaired) electrons. The molecule has 0 aliphatic heterocycles. The molecule has 94 valence electrons. The first-order chi connectivity index (χ1) is 8.06. The number of nitrogen functional groups attached to an aromatic ring is 1. The Hall–Kier alpha value is -1.45. The van der Waals surface area contributed by atoms with Gasteiger partial charge >= 0.3 is 0 Å². The number of ether oxygens (including phenoxy) is 1. The standard InChI is InChI=1S/C13H19FN2O/c1-8(2)17-13-7-12(11(15)6-10(13)14)16-9-4-3-5-9/h6-9,16H,3-5,15H2,1-2H3. The van der Waals surface area contributed by atoms with Gasteiger partial charge in [0.1, 0.15) is 0 Å². The van der Waals surface area contributed by atoms with E-state index in [0.29, 0.717) is 11.7 Å². The lowest BCUT2D eigenvalue weighted by atomic mass is 9.93. The third-order valence-corrected chi connectivity index (χ3v) is 2.93. The van der Waals surface area contributed by atoms with Gasteiger partial charge in [-0.3, -0.25) is 0 Å². The molecule has 1 fully saturated rings. The van der Waals surface area contributed by atoms with Crippen LogP contribution < -0.4 is 15.8 Å². The van der Waals surface area contributed by atoms with Crippen molar-refractivity contribution in [1.29, 1.82) is 0 Å². The van der Waals surface area contributed by atoms with Crippen LogP contribution in [0.4, 0.5) is 15.8 Å². The van der Waals surface area contributed by atoms with Crippen molar-refractivity contribution < 1.29 is 9.13 Å². The summed E-state index contributed by atoms with van der Waals surface area (Å²) in [6.07, 6.45) is 3.49. The Kier molecular flexibility index (Phi) is 3.41. The summed E-state index contributed by atoms with van der Waals surface area (Å²) in [5, 5.41) is 3.32. The molecule has 1 aromatic rings. The van der Waals surface area contributed by atoms with Crippen LogP contribution in [0.3, 0.4) is 0 Å². The maximum atomic E-state index is 13.6. The highest BCUT2D eigenvalue weighted by molar-refractivity contribution is 5.69. The lowest BCUT2D eigenvalue weighted by molar-refractivity contribution is 0.231. The van der Waals surface area contributed by atoms with E-state index in [4.69, 9.17) is 10.5 Å². The minimum atomic E-state index is -0.407. The molecule has 1 aromatic carbocycles. The Morgan fingerprint density at radius 1 is 1.41 bits per heavy atom. The van der Waals surface area contributed by atoms with Gasteiger partial charge in [-0.1, -0.05) is 0 Å². The first kappa shape index (κ1) is 12.0. The molecule has 0 unspecified atom stereocenters. The highest BCUT2D eigenvalue weighted by Crippen LogP contribution is 2.32. The zero-order chi connectivity index (χ0) is 12.4. The molecule has 0 atom stereocenters. The summed E-state index contributed by atoms with van der Waals surface area (Å²) in [5.74, 6) is -0.147. The van der Waals surface area contributed by atoms with E-state index in [-0.39, 0.29) is 11.9 Å². The number of nitrogens with two attached hydrogens (primary N) is 1. The summed E-state index contributed by atoms with van der Waals surface area (Å²) in [6.45, 7) is 3.74. The normalized spacial score (nSPS) is 15.8. The van der Waals surface area contributed by atoms with Crippen molar-refractivity contribution in [2.75, 3.05) is 11.1 Å². The van der Waals surface area contributed by atoms with E-state index >= 15 is 0 Å². The Bertz CT molecular complexity index is 403. The second-order valence-corrected chi connectivity index (χ2v) is 4.81. The number of nitrogens with one attached hydrogen (secondary N) is 1. The van der Waals surface area contributed by atoms with E-state index in [0.717, 1.165) is 18.5 Å². The summed E-state index contributed by atoms with van der Waals surface area (Å²) in [7, 11) is 0. The van der Waals surface area contributed by atoms with Crippen molar-refractivity contribution in [2.24, 2.45) is 0 Å². The number of halogens is 1. The van der Waals surface area contributed by atoms with Gasteiger partial charge in [-0.05, 0) is 33.1 Å². The van der Waals surface area contributed by atoms with Crippen molar-refractivity contribution in [3.63, 3.8) is 0 Å². The van der Waals surface area contributed by atoms with E-state index in [9.17, 15) is 4.39 Å². The van der Waals surface area contributed by atoms with E-state index < -0.39 is 5.82 Å².